The molecule has 13 heteroatoms. The number of aromatic nitrogens is 4. The average molecular weight is 800 g/mol. The van der Waals surface area contributed by atoms with Gasteiger partial charge >= 0.3 is 17.6 Å². The van der Waals surface area contributed by atoms with Crippen LogP contribution in [0.3, 0.4) is 0 Å². The number of nitrogens with zero attached hydrogens (tertiary/aromatic N) is 3. The molecule has 1 N–H and O–H groups in total. The van der Waals surface area contributed by atoms with Gasteiger partial charge in [0.05, 0.1) is 24.6 Å². The molecule has 0 unspecified atom stereocenters. The van der Waals surface area contributed by atoms with Gasteiger partial charge in [0, 0.05) is 39.4 Å². The maximum atomic E-state index is 13.5. The number of aromatic amines is 1. The molecule has 0 radical (unpaired) electrons. The number of H-pyrrole nitrogens is 1. The predicted molar refractivity (Wildman–Crippen MR) is 216 cm³/mol. The molecule has 54 heavy (non-hydrogen) atoms. The quantitative estimate of drug-likeness (QED) is 0.0579. The number of hydrogen-bond acceptors (Lipinski definition) is 9. The summed E-state index contributed by atoms with van der Waals surface area (Å²) in [4.78, 5) is 57.0. The topological polar surface area (TPSA) is 133 Å². The highest BCUT2D eigenvalue weighted by molar-refractivity contribution is 7.14. The summed E-state index contributed by atoms with van der Waals surface area (Å²) in [7, 11) is 0. The fourth-order valence-electron chi connectivity index (χ4n) is 6.28. The van der Waals surface area contributed by atoms with E-state index in [4.69, 9.17) is 37.7 Å². The van der Waals surface area contributed by atoms with E-state index < -0.39 is 22.6 Å². The molecule has 2 aromatic heterocycles. The van der Waals surface area contributed by atoms with Crippen LogP contribution >= 0.6 is 34.5 Å². The van der Waals surface area contributed by atoms with Gasteiger partial charge in [0.2, 0.25) is 0 Å². The van der Waals surface area contributed by atoms with Crippen LogP contribution in [0.15, 0.2) is 58.3 Å². The molecule has 292 valence electrons. The molecule has 2 heterocycles. The van der Waals surface area contributed by atoms with Gasteiger partial charge in [0.1, 0.15) is 16.1 Å². The normalized spacial score (nSPS) is 11.5. The first-order valence-corrected chi connectivity index (χ1v) is 20.7. The first-order chi connectivity index (χ1) is 26.0. The van der Waals surface area contributed by atoms with Crippen LogP contribution in [0.25, 0.3) is 16.9 Å². The zero-order valence-electron chi connectivity index (χ0n) is 31.6. The van der Waals surface area contributed by atoms with Gasteiger partial charge in [-0.25, -0.2) is 14.6 Å². The largest absolute Gasteiger partial charge is 0.466 e. The van der Waals surface area contributed by atoms with E-state index >= 15 is 0 Å². The number of rotatable bonds is 23. The minimum atomic E-state index is -0.885. The van der Waals surface area contributed by atoms with Crippen LogP contribution in [-0.2, 0) is 19.7 Å². The van der Waals surface area contributed by atoms with Gasteiger partial charge in [-0.1, -0.05) is 138 Å². The summed E-state index contributed by atoms with van der Waals surface area (Å²) in [6.45, 7) is 6.27. The summed E-state index contributed by atoms with van der Waals surface area (Å²) >= 11 is 14.7. The van der Waals surface area contributed by atoms with Crippen molar-refractivity contribution in [1.29, 1.82) is 0 Å². The smallest absolute Gasteiger partial charge is 0.350 e. The van der Waals surface area contributed by atoms with Crippen molar-refractivity contribution in [2.24, 2.45) is 0 Å². The lowest BCUT2D eigenvalue weighted by molar-refractivity contribution is -0.144. The molecule has 0 bridgehead atoms. The highest BCUT2D eigenvalue weighted by Crippen LogP contribution is 2.44. The lowest BCUT2D eigenvalue weighted by Gasteiger charge is -2.25. The van der Waals surface area contributed by atoms with Crippen molar-refractivity contribution in [2.45, 2.75) is 122 Å². The molecule has 0 amide bonds. The van der Waals surface area contributed by atoms with Crippen molar-refractivity contribution < 1.29 is 19.1 Å². The molecule has 0 atom stereocenters. The number of ether oxygens (including phenoxy) is 2. The Kier molecular flexibility index (Phi) is 17.4. The maximum Gasteiger partial charge on any atom is 0.350 e. The Labute approximate surface area is 331 Å². The van der Waals surface area contributed by atoms with Crippen molar-refractivity contribution in [2.75, 3.05) is 13.2 Å². The van der Waals surface area contributed by atoms with Crippen molar-refractivity contribution in [3.63, 3.8) is 0 Å². The van der Waals surface area contributed by atoms with Gasteiger partial charge in [0.25, 0.3) is 5.56 Å². The highest BCUT2D eigenvalue weighted by atomic mass is 35.5. The molecule has 4 rings (SSSR count). The summed E-state index contributed by atoms with van der Waals surface area (Å²) in [6.07, 6.45) is 18.0. The van der Waals surface area contributed by atoms with E-state index in [1.807, 2.05) is 44.2 Å². The summed E-state index contributed by atoms with van der Waals surface area (Å²) in [5.74, 6) is -0.764. The fourth-order valence-corrected chi connectivity index (χ4v) is 8.31. The second kappa shape index (κ2) is 21.9. The highest BCUT2D eigenvalue weighted by Gasteiger charge is 2.35. The van der Waals surface area contributed by atoms with Gasteiger partial charge in [-0.2, -0.15) is 9.78 Å². The molecule has 10 nitrogen and oxygen atoms in total. The average Bonchev–Trinajstić information content (AvgIpc) is 3.60. The molecule has 4 aromatic rings. The molecular weight excluding hydrogens is 747 g/mol. The minimum absolute atomic E-state index is 0.0764. The molecule has 0 aliphatic heterocycles. The van der Waals surface area contributed by atoms with E-state index in [2.05, 4.69) is 17.0 Å². The molecule has 0 spiro atoms. The predicted octanol–water partition coefficient (Wildman–Crippen LogP) is 10.2. The van der Waals surface area contributed by atoms with Gasteiger partial charge in [-0.15, -0.1) is 11.3 Å². The number of unbranched alkanes of at least 4 members (excludes halogenated alkanes) is 12. The maximum absolute atomic E-state index is 13.5. The second-order valence-electron chi connectivity index (χ2n) is 14.0. The molecule has 0 aliphatic carbocycles. The van der Waals surface area contributed by atoms with Crippen LogP contribution in [0.2, 0.25) is 10.0 Å². The molecule has 0 saturated heterocycles. The number of nitrogens with one attached hydrogen (secondary N) is 1. The number of thiazole rings is 1. The van der Waals surface area contributed by atoms with Crippen LogP contribution in [0.1, 0.15) is 137 Å². The minimum Gasteiger partial charge on any atom is -0.466 e. The van der Waals surface area contributed by atoms with E-state index in [1.165, 1.54) is 87.7 Å². The lowest BCUT2D eigenvalue weighted by Crippen LogP contribution is -2.30. The molecule has 0 fully saturated rings. The Balaban J connectivity index is 1.27. The Hall–Kier alpha value is -3.80. The van der Waals surface area contributed by atoms with Crippen LogP contribution in [0.4, 0.5) is 0 Å². The molecule has 2 aromatic carbocycles. The summed E-state index contributed by atoms with van der Waals surface area (Å²) in [5, 5.41) is 4.93. The zero-order chi connectivity index (χ0) is 38.9. The first kappa shape index (κ1) is 42.9. The number of esters is 2. The van der Waals surface area contributed by atoms with Crippen molar-refractivity contribution in [3.05, 3.63) is 95.0 Å². The fraction of sp³-hybridized carbons (Fsp3) is 0.512. The number of hydrogen-bond donors (Lipinski definition) is 1. The van der Waals surface area contributed by atoms with Crippen LogP contribution in [0, 0.1) is 0 Å². The third kappa shape index (κ3) is 12.6. The van der Waals surface area contributed by atoms with Gasteiger partial charge in [-0.3, -0.25) is 14.6 Å². The molecule has 0 saturated carbocycles. The Morgan fingerprint density at radius 2 is 1.39 bits per heavy atom. The van der Waals surface area contributed by atoms with E-state index in [-0.39, 0.29) is 34.9 Å². The standard InChI is InChI=1S/C41H52Cl2N4O6S/c1-4-5-6-7-8-9-10-11-12-13-14-15-19-23-34(49)52-24-20-25-53-38(50)37-36(29-21-17-16-18-22-29)46-39(54-37)41(2,3)35-31(42)26-30(27-32(35)43)47-40(51)45-33(48)28-44-47/h16-18,21-22,26-28H,4-15,19-20,23-25H2,1-3H3,(H,45,48,51). The molecular formula is C41H52Cl2N4O6S. The Bertz CT molecular complexity index is 1900. The van der Waals surface area contributed by atoms with Gasteiger partial charge < -0.3 is 9.47 Å². The van der Waals surface area contributed by atoms with Gasteiger partial charge in [-0.05, 0) is 32.4 Å². The Morgan fingerprint density at radius 1 is 0.815 bits per heavy atom. The number of carbonyl (C=O) groups excluding carboxylic acids is 2. The van der Waals surface area contributed by atoms with Crippen molar-refractivity contribution >= 4 is 46.5 Å². The zero-order valence-corrected chi connectivity index (χ0v) is 33.9. The van der Waals surface area contributed by atoms with E-state index in [1.54, 1.807) is 0 Å². The number of carbonyl (C=O) groups is 2. The summed E-state index contributed by atoms with van der Waals surface area (Å²) in [6, 6.07) is 12.4. The third-order valence-corrected chi connectivity index (χ3v) is 11.2. The molecule has 0 aliphatic rings. The lowest BCUT2D eigenvalue weighted by atomic mass is 9.85. The van der Waals surface area contributed by atoms with Crippen LogP contribution in [-0.4, -0.2) is 44.9 Å². The second-order valence-corrected chi connectivity index (χ2v) is 15.8. The number of halogens is 2. The SMILES string of the molecule is CCCCCCCCCCCCCCCC(=O)OCCCOC(=O)c1sc(C(C)(C)c2c(Cl)cc(-n3ncc(=O)[nH]c3=O)cc2Cl)nc1-c1ccccc1. The third-order valence-electron chi connectivity index (χ3n) is 9.27. The van der Waals surface area contributed by atoms with E-state index in [0.29, 0.717) is 34.0 Å². The van der Waals surface area contributed by atoms with E-state index in [0.717, 1.165) is 35.7 Å². The summed E-state index contributed by atoms with van der Waals surface area (Å²) in [5.41, 5.74) is -0.251. The van der Waals surface area contributed by atoms with E-state index in [9.17, 15) is 19.2 Å². The first-order valence-electron chi connectivity index (χ1n) is 19.1. The van der Waals surface area contributed by atoms with Crippen LogP contribution in [0.5, 0.6) is 0 Å². The van der Waals surface area contributed by atoms with Crippen LogP contribution < -0.4 is 11.2 Å². The monoisotopic (exact) mass is 798 g/mol. The summed E-state index contributed by atoms with van der Waals surface area (Å²) < 4.78 is 12.0. The Morgan fingerprint density at radius 3 is 1.98 bits per heavy atom. The van der Waals surface area contributed by atoms with Crippen molar-refractivity contribution in [1.82, 2.24) is 19.7 Å². The number of benzene rings is 2. The van der Waals surface area contributed by atoms with Gasteiger partial charge in [0.15, 0.2) is 0 Å². The van der Waals surface area contributed by atoms with Crippen molar-refractivity contribution in [3.8, 4) is 16.9 Å².